The highest BCUT2D eigenvalue weighted by atomic mass is 16.3. The molecule has 0 radical (unpaired) electrons. The Kier molecular flexibility index (Phi) is 5.23. The first-order valence-corrected chi connectivity index (χ1v) is 8.85. The van der Waals surface area contributed by atoms with Crippen LogP contribution in [0.5, 0.6) is 0 Å². The Morgan fingerprint density at radius 3 is 2.64 bits per heavy atom. The summed E-state index contributed by atoms with van der Waals surface area (Å²) < 4.78 is 0. The van der Waals surface area contributed by atoms with Crippen molar-refractivity contribution in [3.63, 3.8) is 0 Å². The van der Waals surface area contributed by atoms with E-state index in [9.17, 15) is 5.11 Å². The van der Waals surface area contributed by atoms with E-state index >= 15 is 0 Å². The summed E-state index contributed by atoms with van der Waals surface area (Å²) in [6.07, 6.45) is 8.19. The van der Waals surface area contributed by atoms with Crippen LogP contribution in [-0.4, -0.2) is 22.9 Å². The van der Waals surface area contributed by atoms with Crippen molar-refractivity contribution in [2.45, 2.75) is 72.3 Å². The van der Waals surface area contributed by atoms with Gasteiger partial charge in [0.15, 0.2) is 0 Å². The second-order valence-corrected chi connectivity index (χ2v) is 8.46. The van der Waals surface area contributed by atoms with Crippen LogP contribution in [-0.2, 0) is 0 Å². The molecule has 0 bridgehead atoms. The SMILES string of the molecule is C=C1CC[C@H]2C(C)(C)[C@@H](O)CC[C@]2(C)[C@H]1CC/C(C)=C/CO. The highest BCUT2D eigenvalue weighted by Crippen LogP contribution is 2.61. The lowest BCUT2D eigenvalue weighted by molar-refractivity contribution is -0.124. The molecule has 0 saturated heterocycles. The fourth-order valence-corrected chi connectivity index (χ4v) is 5.33. The summed E-state index contributed by atoms with van der Waals surface area (Å²) in [5.41, 5.74) is 2.94. The minimum Gasteiger partial charge on any atom is -0.393 e. The zero-order valence-electron chi connectivity index (χ0n) is 14.9. The van der Waals surface area contributed by atoms with Crippen LogP contribution in [0.15, 0.2) is 23.8 Å². The Balaban J connectivity index is 2.21. The van der Waals surface area contributed by atoms with Crippen LogP contribution in [0.1, 0.15) is 66.2 Å². The van der Waals surface area contributed by atoms with Gasteiger partial charge in [0, 0.05) is 0 Å². The van der Waals surface area contributed by atoms with Crippen LogP contribution < -0.4 is 0 Å². The summed E-state index contributed by atoms with van der Waals surface area (Å²) in [5, 5.41) is 19.5. The predicted molar refractivity (Wildman–Crippen MR) is 92.6 cm³/mol. The van der Waals surface area contributed by atoms with Crippen LogP contribution >= 0.6 is 0 Å². The zero-order chi connectivity index (χ0) is 16.5. The molecule has 0 spiro atoms. The second kappa shape index (κ2) is 6.49. The maximum absolute atomic E-state index is 10.5. The van der Waals surface area contributed by atoms with Gasteiger partial charge in [0.25, 0.3) is 0 Å². The molecule has 0 aliphatic heterocycles. The number of aliphatic hydroxyl groups is 2. The minimum absolute atomic E-state index is 0.00192. The maximum Gasteiger partial charge on any atom is 0.0614 e. The highest BCUT2D eigenvalue weighted by molar-refractivity contribution is 5.17. The van der Waals surface area contributed by atoms with Gasteiger partial charge in [-0.05, 0) is 68.1 Å². The van der Waals surface area contributed by atoms with Gasteiger partial charge in [0.2, 0.25) is 0 Å². The van der Waals surface area contributed by atoms with E-state index in [0.717, 1.165) is 32.1 Å². The molecule has 2 heteroatoms. The molecule has 0 unspecified atom stereocenters. The summed E-state index contributed by atoms with van der Waals surface area (Å²) in [6.45, 7) is 13.6. The topological polar surface area (TPSA) is 40.5 Å². The molecule has 2 fully saturated rings. The molecule has 0 heterocycles. The molecular weight excluding hydrogens is 272 g/mol. The number of hydrogen-bond donors (Lipinski definition) is 2. The molecule has 0 amide bonds. The first-order chi connectivity index (χ1) is 10.2. The van der Waals surface area contributed by atoms with Crippen LogP contribution in [0, 0.1) is 22.7 Å². The molecule has 0 aromatic rings. The summed E-state index contributed by atoms with van der Waals surface area (Å²) in [6, 6.07) is 0. The average molecular weight is 306 g/mol. The van der Waals surface area contributed by atoms with Gasteiger partial charge in [0.05, 0.1) is 12.7 Å². The lowest BCUT2D eigenvalue weighted by atomic mass is 9.46. The third kappa shape index (κ3) is 3.05. The van der Waals surface area contributed by atoms with E-state index in [1.807, 2.05) is 6.08 Å². The predicted octanol–water partition coefficient (Wildman–Crippen LogP) is 4.47. The molecule has 2 rings (SSSR count). The highest BCUT2D eigenvalue weighted by Gasteiger charge is 2.55. The fraction of sp³-hybridized carbons (Fsp3) is 0.800. The van der Waals surface area contributed by atoms with Crippen molar-refractivity contribution < 1.29 is 10.2 Å². The van der Waals surface area contributed by atoms with Crippen molar-refractivity contribution >= 4 is 0 Å². The van der Waals surface area contributed by atoms with Gasteiger partial charge in [-0.2, -0.15) is 0 Å². The van der Waals surface area contributed by atoms with Crippen molar-refractivity contribution in [2.24, 2.45) is 22.7 Å². The van der Waals surface area contributed by atoms with Gasteiger partial charge < -0.3 is 10.2 Å². The molecule has 2 N–H and O–H groups in total. The monoisotopic (exact) mass is 306 g/mol. The van der Waals surface area contributed by atoms with Crippen LogP contribution in [0.3, 0.4) is 0 Å². The third-order valence-electron chi connectivity index (χ3n) is 6.82. The largest absolute Gasteiger partial charge is 0.393 e. The number of rotatable bonds is 4. The van der Waals surface area contributed by atoms with Crippen molar-refractivity contribution in [1.29, 1.82) is 0 Å². The molecular formula is C20H34O2. The Morgan fingerprint density at radius 1 is 1.32 bits per heavy atom. The van der Waals surface area contributed by atoms with Gasteiger partial charge in [-0.25, -0.2) is 0 Å². The molecule has 126 valence electrons. The van der Waals surface area contributed by atoms with E-state index < -0.39 is 0 Å². The van der Waals surface area contributed by atoms with E-state index in [0.29, 0.717) is 11.8 Å². The molecule has 0 aromatic carbocycles. The number of hydrogen-bond acceptors (Lipinski definition) is 2. The van der Waals surface area contributed by atoms with E-state index in [2.05, 4.69) is 34.3 Å². The number of aliphatic hydroxyl groups excluding tert-OH is 2. The summed E-state index contributed by atoms with van der Waals surface area (Å²) in [4.78, 5) is 0. The van der Waals surface area contributed by atoms with E-state index in [1.54, 1.807) is 0 Å². The summed E-state index contributed by atoms with van der Waals surface area (Å²) in [7, 11) is 0. The average Bonchev–Trinajstić information content (AvgIpc) is 2.43. The van der Waals surface area contributed by atoms with E-state index in [4.69, 9.17) is 5.11 Å². The molecule has 4 atom stereocenters. The van der Waals surface area contributed by atoms with E-state index in [1.165, 1.54) is 17.6 Å². The lowest BCUT2D eigenvalue weighted by Gasteiger charge is -2.59. The quantitative estimate of drug-likeness (QED) is 0.752. The van der Waals surface area contributed by atoms with E-state index in [-0.39, 0.29) is 23.5 Å². The van der Waals surface area contributed by atoms with Crippen LogP contribution in [0.25, 0.3) is 0 Å². The van der Waals surface area contributed by atoms with Crippen molar-refractivity contribution in [2.75, 3.05) is 6.61 Å². The minimum atomic E-state index is -0.173. The van der Waals surface area contributed by atoms with Crippen molar-refractivity contribution in [3.05, 3.63) is 23.8 Å². The van der Waals surface area contributed by atoms with Crippen molar-refractivity contribution in [3.8, 4) is 0 Å². The fourth-order valence-electron chi connectivity index (χ4n) is 5.33. The Morgan fingerprint density at radius 2 is 2.00 bits per heavy atom. The zero-order valence-corrected chi connectivity index (χ0v) is 14.9. The molecule has 2 aliphatic rings. The van der Waals surface area contributed by atoms with Gasteiger partial charge in [0.1, 0.15) is 0 Å². The van der Waals surface area contributed by atoms with Crippen LogP contribution in [0.4, 0.5) is 0 Å². The lowest BCUT2D eigenvalue weighted by Crippen LogP contribution is -2.54. The van der Waals surface area contributed by atoms with Gasteiger partial charge in [-0.1, -0.05) is 44.6 Å². The van der Waals surface area contributed by atoms with Gasteiger partial charge in [-0.15, -0.1) is 0 Å². The van der Waals surface area contributed by atoms with Crippen molar-refractivity contribution in [1.82, 2.24) is 0 Å². The first-order valence-electron chi connectivity index (χ1n) is 8.85. The maximum atomic E-state index is 10.5. The van der Waals surface area contributed by atoms with Gasteiger partial charge >= 0.3 is 0 Å². The molecule has 0 aromatic heterocycles. The molecule has 2 aliphatic carbocycles. The smallest absolute Gasteiger partial charge is 0.0614 e. The summed E-state index contributed by atoms with van der Waals surface area (Å²) >= 11 is 0. The van der Waals surface area contributed by atoms with Gasteiger partial charge in [-0.3, -0.25) is 0 Å². The molecule has 2 saturated carbocycles. The second-order valence-electron chi connectivity index (χ2n) is 8.46. The number of fused-ring (bicyclic) bond motifs is 1. The van der Waals surface area contributed by atoms with Crippen LogP contribution in [0.2, 0.25) is 0 Å². The normalized spacial score (nSPS) is 38.7. The Hall–Kier alpha value is -0.600. The third-order valence-corrected chi connectivity index (χ3v) is 6.82. The standard InChI is InChI=1S/C20H34O2/c1-14(11-13-21)6-8-16-15(2)7-9-17-19(3,4)18(22)10-12-20(16,17)5/h11,16-18,21-22H,2,6-10,12-13H2,1,3-5H3/b14-11+/t16-,17-,18-,20+/m0/s1. The first kappa shape index (κ1) is 17.7. The molecule has 22 heavy (non-hydrogen) atoms. The Bertz CT molecular complexity index is 449. The summed E-state index contributed by atoms with van der Waals surface area (Å²) in [5.74, 6) is 1.11. The number of allylic oxidation sites excluding steroid dienone is 2. The Labute approximate surface area is 136 Å². The molecule has 2 nitrogen and oxygen atoms in total.